The van der Waals surface area contributed by atoms with E-state index in [0.29, 0.717) is 5.69 Å². The number of pyridine rings is 1. The number of halogens is 1. The van der Waals surface area contributed by atoms with Gasteiger partial charge in [-0.2, -0.15) is 0 Å². The zero-order valence-electron chi connectivity index (χ0n) is 9.34. The average molecular weight is 247 g/mol. The molecule has 4 nitrogen and oxygen atoms in total. The van der Waals surface area contributed by atoms with E-state index in [4.69, 9.17) is 9.84 Å². The normalized spacial score (nSPS) is 10.1. The third-order valence-electron chi connectivity index (χ3n) is 2.28. The third-order valence-corrected chi connectivity index (χ3v) is 2.28. The summed E-state index contributed by atoms with van der Waals surface area (Å²) >= 11 is 0. The fourth-order valence-electron chi connectivity index (χ4n) is 1.39. The van der Waals surface area contributed by atoms with Gasteiger partial charge in [0.25, 0.3) is 0 Å². The van der Waals surface area contributed by atoms with Crippen molar-refractivity contribution in [3.05, 3.63) is 59.7 Å². The molecule has 0 bridgehead atoms. The molecule has 0 atom stereocenters. The molecule has 0 fully saturated rings. The standard InChI is InChI=1S/C13H10FNO3/c14-11-7-9(13(16)17)4-5-12(11)18-8-10-3-1-2-6-15-10/h1-7H,8H2,(H,16,17). The molecule has 0 spiro atoms. The number of rotatable bonds is 4. The molecule has 0 unspecified atom stereocenters. The lowest BCUT2D eigenvalue weighted by molar-refractivity contribution is 0.0696. The molecule has 0 radical (unpaired) electrons. The molecule has 2 aromatic rings. The summed E-state index contributed by atoms with van der Waals surface area (Å²) in [5, 5.41) is 8.69. The first kappa shape index (κ1) is 12.0. The van der Waals surface area contributed by atoms with E-state index in [-0.39, 0.29) is 17.9 Å². The molecule has 0 aliphatic rings. The summed E-state index contributed by atoms with van der Waals surface area (Å²) in [5.41, 5.74) is 0.553. The maximum Gasteiger partial charge on any atom is 0.335 e. The number of aromatic carboxylic acids is 1. The third kappa shape index (κ3) is 2.82. The van der Waals surface area contributed by atoms with Crippen LogP contribution >= 0.6 is 0 Å². The van der Waals surface area contributed by atoms with Crippen LogP contribution in [0, 0.1) is 5.82 Å². The topological polar surface area (TPSA) is 59.4 Å². The van der Waals surface area contributed by atoms with Gasteiger partial charge in [0.15, 0.2) is 11.6 Å². The largest absolute Gasteiger partial charge is 0.484 e. The molecule has 2 rings (SSSR count). The molecule has 18 heavy (non-hydrogen) atoms. The van der Waals surface area contributed by atoms with E-state index in [1.807, 2.05) is 0 Å². The Balaban J connectivity index is 2.08. The second-order valence-electron chi connectivity index (χ2n) is 3.56. The van der Waals surface area contributed by atoms with Crippen molar-refractivity contribution in [1.82, 2.24) is 4.98 Å². The number of carboxylic acids is 1. The van der Waals surface area contributed by atoms with Crippen LogP contribution in [0.5, 0.6) is 5.75 Å². The van der Waals surface area contributed by atoms with Crippen molar-refractivity contribution in [3.8, 4) is 5.75 Å². The highest BCUT2D eigenvalue weighted by molar-refractivity contribution is 5.87. The van der Waals surface area contributed by atoms with Gasteiger partial charge in [0.1, 0.15) is 6.61 Å². The molecule has 0 saturated heterocycles. The Hall–Kier alpha value is -2.43. The Labute approximate surface area is 103 Å². The molecule has 92 valence electrons. The molecular formula is C13H10FNO3. The van der Waals surface area contributed by atoms with Crippen LogP contribution in [0.2, 0.25) is 0 Å². The summed E-state index contributed by atoms with van der Waals surface area (Å²) in [5.74, 6) is -1.87. The van der Waals surface area contributed by atoms with Crippen LogP contribution in [0.15, 0.2) is 42.6 Å². The average Bonchev–Trinajstić information content (AvgIpc) is 2.38. The molecular weight excluding hydrogens is 237 g/mol. The van der Waals surface area contributed by atoms with Crippen LogP contribution in [-0.4, -0.2) is 16.1 Å². The lowest BCUT2D eigenvalue weighted by Gasteiger charge is -2.07. The van der Waals surface area contributed by atoms with Gasteiger partial charge in [-0.15, -0.1) is 0 Å². The van der Waals surface area contributed by atoms with Crippen molar-refractivity contribution in [2.75, 3.05) is 0 Å². The Kier molecular flexibility index (Phi) is 3.52. The Morgan fingerprint density at radius 2 is 2.17 bits per heavy atom. The molecule has 0 amide bonds. The molecule has 0 aliphatic carbocycles. The summed E-state index contributed by atoms with van der Waals surface area (Å²) in [6.07, 6.45) is 1.61. The number of benzene rings is 1. The first-order valence-electron chi connectivity index (χ1n) is 5.22. The second-order valence-corrected chi connectivity index (χ2v) is 3.56. The number of hydrogen-bond donors (Lipinski definition) is 1. The molecule has 1 N–H and O–H groups in total. The van der Waals surface area contributed by atoms with E-state index in [0.717, 1.165) is 6.07 Å². The summed E-state index contributed by atoms with van der Waals surface area (Å²) in [6, 6.07) is 8.84. The minimum Gasteiger partial charge on any atom is -0.484 e. The van der Waals surface area contributed by atoms with Crippen molar-refractivity contribution in [1.29, 1.82) is 0 Å². The molecule has 5 heteroatoms. The monoisotopic (exact) mass is 247 g/mol. The van der Waals surface area contributed by atoms with E-state index in [2.05, 4.69) is 4.98 Å². The van der Waals surface area contributed by atoms with Gasteiger partial charge in [-0.05, 0) is 30.3 Å². The zero-order chi connectivity index (χ0) is 13.0. The predicted molar refractivity (Wildman–Crippen MR) is 61.9 cm³/mol. The van der Waals surface area contributed by atoms with Crippen molar-refractivity contribution in [2.24, 2.45) is 0 Å². The first-order valence-corrected chi connectivity index (χ1v) is 5.22. The molecule has 0 saturated carbocycles. The van der Waals surface area contributed by atoms with Gasteiger partial charge in [0, 0.05) is 6.20 Å². The van der Waals surface area contributed by atoms with E-state index in [9.17, 15) is 9.18 Å². The summed E-state index contributed by atoms with van der Waals surface area (Å²) in [6.45, 7) is 0.129. The van der Waals surface area contributed by atoms with Gasteiger partial charge in [-0.3, -0.25) is 4.98 Å². The lowest BCUT2D eigenvalue weighted by Crippen LogP contribution is -2.01. The van der Waals surface area contributed by atoms with Crippen molar-refractivity contribution < 1.29 is 19.0 Å². The Bertz CT molecular complexity index is 557. The van der Waals surface area contributed by atoms with Gasteiger partial charge in [0.2, 0.25) is 0 Å². The van der Waals surface area contributed by atoms with Crippen LogP contribution in [0.4, 0.5) is 4.39 Å². The van der Waals surface area contributed by atoms with Crippen molar-refractivity contribution in [3.63, 3.8) is 0 Å². The van der Waals surface area contributed by atoms with Crippen LogP contribution in [0.25, 0.3) is 0 Å². The number of ether oxygens (including phenoxy) is 1. The molecule has 0 aliphatic heterocycles. The smallest absolute Gasteiger partial charge is 0.335 e. The summed E-state index contributed by atoms with van der Waals surface area (Å²) in [7, 11) is 0. The maximum absolute atomic E-state index is 13.5. The molecule has 1 heterocycles. The highest BCUT2D eigenvalue weighted by Gasteiger charge is 2.09. The van der Waals surface area contributed by atoms with E-state index in [1.165, 1.54) is 12.1 Å². The minimum atomic E-state index is -1.18. The maximum atomic E-state index is 13.5. The number of nitrogens with zero attached hydrogens (tertiary/aromatic N) is 1. The van der Waals surface area contributed by atoms with Crippen LogP contribution < -0.4 is 4.74 Å². The number of carbonyl (C=O) groups is 1. The predicted octanol–water partition coefficient (Wildman–Crippen LogP) is 2.50. The number of aromatic nitrogens is 1. The fraction of sp³-hybridized carbons (Fsp3) is 0.0769. The quantitative estimate of drug-likeness (QED) is 0.901. The van der Waals surface area contributed by atoms with Crippen LogP contribution in [0.1, 0.15) is 16.1 Å². The lowest BCUT2D eigenvalue weighted by atomic mass is 10.2. The fourth-order valence-corrected chi connectivity index (χ4v) is 1.39. The second kappa shape index (κ2) is 5.27. The molecule has 1 aromatic carbocycles. The first-order chi connectivity index (χ1) is 8.66. The highest BCUT2D eigenvalue weighted by atomic mass is 19.1. The highest BCUT2D eigenvalue weighted by Crippen LogP contribution is 2.19. The van der Waals surface area contributed by atoms with E-state index < -0.39 is 11.8 Å². The van der Waals surface area contributed by atoms with Gasteiger partial charge in [-0.25, -0.2) is 9.18 Å². The SMILES string of the molecule is O=C(O)c1ccc(OCc2ccccn2)c(F)c1. The van der Waals surface area contributed by atoms with Crippen molar-refractivity contribution >= 4 is 5.97 Å². The van der Waals surface area contributed by atoms with E-state index >= 15 is 0 Å². The number of hydrogen-bond acceptors (Lipinski definition) is 3. The van der Waals surface area contributed by atoms with Gasteiger partial charge in [0.05, 0.1) is 11.3 Å². The summed E-state index contributed by atoms with van der Waals surface area (Å²) in [4.78, 5) is 14.7. The van der Waals surface area contributed by atoms with Crippen LogP contribution in [0.3, 0.4) is 0 Å². The Morgan fingerprint density at radius 1 is 1.33 bits per heavy atom. The van der Waals surface area contributed by atoms with E-state index in [1.54, 1.807) is 24.4 Å². The van der Waals surface area contributed by atoms with Gasteiger partial charge >= 0.3 is 5.97 Å². The van der Waals surface area contributed by atoms with Gasteiger partial charge in [-0.1, -0.05) is 6.07 Å². The molecule has 1 aromatic heterocycles. The number of carboxylic acid groups (broad SMARTS) is 1. The van der Waals surface area contributed by atoms with Crippen LogP contribution in [-0.2, 0) is 6.61 Å². The van der Waals surface area contributed by atoms with Gasteiger partial charge < -0.3 is 9.84 Å². The minimum absolute atomic E-state index is 0.00523. The Morgan fingerprint density at radius 3 is 2.78 bits per heavy atom. The summed E-state index contributed by atoms with van der Waals surface area (Å²) < 4.78 is 18.7. The zero-order valence-corrected chi connectivity index (χ0v) is 9.34. The van der Waals surface area contributed by atoms with Crippen molar-refractivity contribution in [2.45, 2.75) is 6.61 Å².